The van der Waals surface area contributed by atoms with E-state index in [1.165, 1.54) is 0 Å². The summed E-state index contributed by atoms with van der Waals surface area (Å²) in [5, 5.41) is 0. The molecule has 0 amide bonds. The van der Waals surface area contributed by atoms with Gasteiger partial charge in [-0.25, -0.2) is 18.1 Å². The first kappa shape index (κ1) is 19.8. The minimum absolute atomic E-state index is 0.0457. The molecule has 3 rings (SSSR count). The van der Waals surface area contributed by atoms with E-state index in [0.29, 0.717) is 4.90 Å². The maximum atomic E-state index is 13.1. The highest BCUT2D eigenvalue weighted by atomic mass is 32.2. The van der Waals surface area contributed by atoms with Gasteiger partial charge in [-0.1, -0.05) is 12.1 Å². The number of pyridine rings is 1. The third-order valence-electron chi connectivity index (χ3n) is 5.58. The molecule has 1 N–H and O–H groups in total. The van der Waals surface area contributed by atoms with Gasteiger partial charge < -0.3 is 4.90 Å². The number of benzene rings is 1. The smallest absolute Gasteiger partial charge is 0.241 e. The van der Waals surface area contributed by atoms with Crippen LogP contribution in [0.3, 0.4) is 0 Å². The summed E-state index contributed by atoms with van der Waals surface area (Å²) in [5.74, 6) is 0.970. The molecule has 146 valence electrons. The second-order valence-electron chi connectivity index (χ2n) is 7.61. The highest BCUT2D eigenvalue weighted by Gasteiger charge is 2.28. The zero-order chi connectivity index (χ0) is 19.8. The highest BCUT2D eigenvalue weighted by molar-refractivity contribution is 7.89. The van der Waals surface area contributed by atoms with Crippen molar-refractivity contribution in [1.82, 2.24) is 9.71 Å². The monoisotopic (exact) mass is 387 g/mol. The van der Waals surface area contributed by atoms with E-state index in [-0.39, 0.29) is 6.04 Å². The lowest BCUT2D eigenvalue weighted by Crippen LogP contribution is -2.45. The molecule has 0 aliphatic carbocycles. The number of hydrogen-bond acceptors (Lipinski definition) is 4. The Morgan fingerprint density at radius 3 is 2.15 bits per heavy atom. The number of anilines is 1. The summed E-state index contributed by atoms with van der Waals surface area (Å²) in [4.78, 5) is 7.25. The fraction of sp³-hybridized carbons (Fsp3) is 0.476. The number of aromatic nitrogens is 1. The fourth-order valence-corrected chi connectivity index (χ4v) is 5.71. The van der Waals surface area contributed by atoms with Gasteiger partial charge >= 0.3 is 0 Å². The number of aryl methyl sites for hydroxylation is 3. The molecule has 0 unspecified atom stereocenters. The Morgan fingerprint density at radius 2 is 1.59 bits per heavy atom. The van der Waals surface area contributed by atoms with Crippen LogP contribution in [0.5, 0.6) is 0 Å². The van der Waals surface area contributed by atoms with Crippen LogP contribution in [0, 0.1) is 34.6 Å². The molecule has 0 spiro atoms. The van der Waals surface area contributed by atoms with Crippen LogP contribution >= 0.6 is 0 Å². The molecule has 2 aromatic rings. The van der Waals surface area contributed by atoms with Gasteiger partial charge in [0, 0.05) is 24.8 Å². The number of nitrogens with zero attached hydrogens (tertiary/aromatic N) is 2. The van der Waals surface area contributed by atoms with Gasteiger partial charge in [0.15, 0.2) is 0 Å². The number of hydrogen-bond donors (Lipinski definition) is 1. The SMILES string of the molecule is Cc1cccc(N2CCC(NS(=O)(=O)c3c(C)c(C)cc(C)c3C)CC2)n1. The summed E-state index contributed by atoms with van der Waals surface area (Å²) in [7, 11) is -3.54. The Bertz CT molecular complexity index is 920. The largest absolute Gasteiger partial charge is 0.356 e. The van der Waals surface area contributed by atoms with Crippen molar-refractivity contribution in [1.29, 1.82) is 0 Å². The molecule has 0 bridgehead atoms. The lowest BCUT2D eigenvalue weighted by atomic mass is 10.0. The van der Waals surface area contributed by atoms with Gasteiger partial charge in [0.05, 0.1) is 4.90 Å². The maximum Gasteiger partial charge on any atom is 0.241 e. The van der Waals surface area contributed by atoms with Crippen LogP contribution in [0.25, 0.3) is 0 Å². The van der Waals surface area contributed by atoms with E-state index in [0.717, 1.165) is 59.7 Å². The minimum Gasteiger partial charge on any atom is -0.356 e. The van der Waals surface area contributed by atoms with Crippen molar-refractivity contribution in [3.8, 4) is 0 Å². The molecular formula is C21H29N3O2S. The molecule has 1 saturated heterocycles. The number of piperidine rings is 1. The Kier molecular flexibility index (Phi) is 5.58. The van der Waals surface area contributed by atoms with E-state index < -0.39 is 10.0 Å². The predicted octanol–water partition coefficient (Wildman–Crippen LogP) is 3.57. The van der Waals surface area contributed by atoms with E-state index in [4.69, 9.17) is 0 Å². The van der Waals surface area contributed by atoms with Gasteiger partial charge in [-0.15, -0.1) is 0 Å². The summed E-state index contributed by atoms with van der Waals surface area (Å²) in [6, 6.07) is 8.02. The molecule has 1 aromatic carbocycles. The molecule has 1 aliphatic rings. The fourth-order valence-electron chi connectivity index (χ4n) is 3.79. The first-order valence-corrected chi connectivity index (χ1v) is 11.0. The van der Waals surface area contributed by atoms with Gasteiger partial charge in [0.25, 0.3) is 0 Å². The minimum atomic E-state index is -3.54. The summed E-state index contributed by atoms with van der Waals surface area (Å²) in [6.07, 6.45) is 1.55. The number of nitrogens with one attached hydrogen (secondary N) is 1. The molecular weight excluding hydrogens is 358 g/mol. The van der Waals surface area contributed by atoms with Crippen LogP contribution in [0.1, 0.15) is 40.8 Å². The standard InChI is InChI=1S/C21H29N3O2S/c1-14-13-15(2)18(5)21(17(14)4)27(25,26)23-19-9-11-24(12-10-19)20-8-6-7-16(3)22-20/h6-8,13,19,23H,9-12H2,1-5H3. The Hall–Kier alpha value is -1.92. The molecule has 1 aliphatic heterocycles. The van der Waals surface area contributed by atoms with Crippen LogP contribution < -0.4 is 9.62 Å². The topological polar surface area (TPSA) is 62.3 Å². The molecule has 1 fully saturated rings. The van der Waals surface area contributed by atoms with Gasteiger partial charge in [0.1, 0.15) is 5.82 Å². The quantitative estimate of drug-likeness (QED) is 0.871. The molecule has 5 nitrogen and oxygen atoms in total. The molecule has 27 heavy (non-hydrogen) atoms. The zero-order valence-corrected chi connectivity index (χ0v) is 17.7. The van der Waals surface area contributed by atoms with Crippen molar-refractivity contribution in [2.75, 3.05) is 18.0 Å². The molecule has 0 saturated carbocycles. The van der Waals surface area contributed by atoms with Gasteiger partial charge in [-0.05, 0) is 81.8 Å². The van der Waals surface area contributed by atoms with Crippen LogP contribution in [0.4, 0.5) is 5.82 Å². The van der Waals surface area contributed by atoms with Crippen LogP contribution in [0.2, 0.25) is 0 Å². The summed E-state index contributed by atoms with van der Waals surface area (Å²) >= 11 is 0. The van der Waals surface area contributed by atoms with Crippen molar-refractivity contribution in [3.63, 3.8) is 0 Å². The van der Waals surface area contributed by atoms with Gasteiger partial charge in [-0.2, -0.15) is 0 Å². The maximum absolute atomic E-state index is 13.1. The zero-order valence-electron chi connectivity index (χ0n) is 16.8. The lowest BCUT2D eigenvalue weighted by Gasteiger charge is -2.33. The van der Waals surface area contributed by atoms with Crippen molar-refractivity contribution in [2.24, 2.45) is 0 Å². The summed E-state index contributed by atoms with van der Waals surface area (Å²) in [6.45, 7) is 11.3. The Labute approximate surface area is 162 Å². The van der Waals surface area contributed by atoms with Crippen LogP contribution in [0.15, 0.2) is 29.2 Å². The Balaban J connectivity index is 1.74. The van der Waals surface area contributed by atoms with E-state index >= 15 is 0 Å². The van der Waals surface area contributed by atoms with Crippen LogP contribution in [-0.4, -0.2) is 32.5 Å². The highest BCUT2D eigenvalue weighted by Crippen LogP contribution is 2.27. The first-order valence-electron chi connectivity index (χ1n) is 9.47. The third kappa shape index (κ3) is 4.17. The average Bonchev–Trinajstić information content (AvgIpc) is 2.60. The second-order valence-corrected chi connectivity index (χ2v) is 9.26. The molecule has 0 radical (unpaired) electrons. The van der Waals surface area contributed by atoms with Gasteiger partial charge in [-0.3, -0.25) is 0 Å². The molecule has 2 heterocycles. The van der Waals surface area contributed by atoms with Crippen molar-refractivity contribution in [3.05, 3.63) is 52.2 Å². The lowest BCUT2D eigenvalue weighted by molar-refractivity contribution is 0.458. The van der Waals surface area contributed by atoms with Crippen molar-refractivity contribution < 1.29 is 8.42 Å². The molecule has 1 aromatic heterocycles. The van der Waals surface area contributed by atoms with E-state index in [1.807, 2.05) is 52.8 Å². The Morgan fingerprint density at radius 1 is 1.00 bits per heavy atom. The summed E-state index contributed by atoms with van der Waals surface area (Å²) < 4.78 is 29.2. The normalized spacial score (nSPS) is 16.0. The van der Waals surface area contributed by atoms with Crippen molar-refractivity contribution in [2.45, 2.75) is 58.4 Å². The van der Waals surface area contributed by atoms with E-state index in [1.54, 1.807) is 0 Å². The third-order valence-corrected chi connectivity index (χ3v) is 7.37. The summed E-state index contributed by atoms with van der Waals surface area (Å²) in [5.41, 5.74) is 4.70. The molecule has 0 atom stereocenters. The van der Waals surface area contributed by atoms with Crippen LogP contribution in [-0.2, 0) is 10.0 Å². The van der Waals surface area contributed by atoms with E-state index in [9.17, 15) is 8.42 Å². The predicted molar refractivity (Wildman–Crippen MR) is 110 cm³/mol. The van der Waals surface area contributed by atoms with Gasteiger partial charge in [0.2, 0.25) is 10.0 Å². The number of rotatable bonds is 4. The van der Waals surface area contributed by atoms with E-state index in [2.05, 4.69) is 20.7 Å². The number of sulfonamides is 1. The van der Waals surface area contributed by atoms with Crippen molar-refractivity contribution >= 4 is 15.8 Å². The molecule has 6 heteroatoms. The average molecular weight is 388 g/mol. The second kappa shape index (κ2) is 7.60. The first-order chi connectivity index (χ1) is 12.7.